The molecule has 2 heterocycles. The standard InChI is InChI=1S/C28H21N3O3/c1-18(27(32)30-22-13-12-19-7-2-3-8-20(19)15-22)34-28(33)24-16-26(21-9-6-14-29-17-21)31-25-11-5-4-10-23(24)25/h2-18H,1H3,(H,30,32)/t18-/m0/s1. The zero-order valence-corrected chi connectivity index (χ0v) is 18.4. The molecule has 6 heteroatoms. The van der Waals surface area contributed by atoms with Crippen LogP contribution in [0.25, 0.3) is 32.9 Å². The average Bonchev–Trinajstić information content (AvgIpc) is 2.88. The predicted octanol–water partition coefficient (Wildman–Crippen LogP) is 5.63. The summed E-state index contributed by atoms with van der Waals surface area (Å²) >= 11 is 0. The lowest BCUT2D eigenvalue weighted by atomic mass is 10.0. The minimum absolute atomic E-state index is 0.342. The van der Waals surface area contributed by atoms with E-state index in [2.05, 4.69) is 15.3 Å². The van der Waals surface area contributed by atoms with Crippen LogP contribution in [0.1, 0.15) is 17.3 Å². The van der Waals surface area contributed by atoms with Gasteiger partial charge in [-0.2, -0.15) is 0 Å². The van der Waals surface area contributed by atoms with Gasteiger partial charge in [0.15, 0.2) is 6.10 Å². The fraction of sp³-hybridized carbons (Fsp3) is 0.0714. The summed E-state index contributed by atoms with van der Waals surface area (Å²) in [5.41, 5.74) is 3.02. The summed E-state index contributed by atoms with van der Waals surface area (Å²) in [6, 6.07) is 26.2. The number of para-hydroxylation sites is 1. The Labute approximate surface area is 196 Å². The lowest BCUT2D eigenvalue weighted by Gasteiger charge is -2.15. The molecule has 34 heavy (non-hydrogen) atoms. The van der Waals surface area contributed by atoms with Crippen molar-refractivity contribution in [2.24, 2.45) is 0 Å². The molecule has 0 saturated heterocycles. The van der Waals surface area contributed by atoms with Gasteiger partial charge in [-0.25, -0.2) is 9.78 Å². The summed E-state index contributed by atoms with van der Waals surface area (Å²) in [5, 5.41) is 5.57. The molecule has 0 saturated carbocycles. The Kier molecular flexibility index (Phi) is 5.70. The minimum Gasteiger partial charge on any atom is -0.449 e. The van der Waals surface area contributed by atoms with Gasteiger partial charge in [0.05, 0.1) is 16.8 Å². The van der Waals surface area contributed by atoms with E-state index in [4.69, 9.17) is 4.74 Å². The molecule has 5 rings (SSSR count). The number of hydrogen-bond donors (Lipinski definition) is 1. The van der Waals surface area contributed by atoms with E-state index in [9.17, 15) is 9.59 Å². The van der Waals surface area contributed by atoms with E-state index in [0.717, 1.165) is 16.3 Å². The third kappa shape index (κ3) is 4.34. The van der Waals surface area contributed by atoms with Crippen LogP contribution in [0.2, 0.25) is 0 Å². The van der Waals surface area contributed by atoms with Gasteiger partial charge in [0.25, 0.3) is 5.91 Å². The Morgan fingerprint density at radius 3 is 2.50 bits per heavy atom. The Hall–Kier alpha value is -4.58. The summed E-state index contributed by atoms with van der Waals surface area (Å²) in [5.74, 6) is -1.00. The molecule has 0 bridgehead atoms. The van der Waals surface area contributed by atoms with Crippen molar-refractivity contribution in [1.29, 1.82) is 0 Å². The van der Waals surface area contributed by atoms with E-state index in [1.165, 1.54) is 0 Å². The highest BCUT2D eigenvalue weighted by atomic mass is 16.5. The van der Waals surface area contributed by atoms with Gasteiger partial charge in [0, 0.05) is 29.0 Å². The third-order valence-corrected chi connectivity index (χ3v) is 5.56. The molecular formula is C28H21N3O3. The molecule has 0 aliphatic rings. The lowest BCUT2D eigenvalue weighted by Crippen LogP contribution is -2.30. The zero-order chi connectivity index (χ0) is 23.5. The maximum Gasteiger partial charge on any atom is 0.339 e. The number of nitrogens with one attached hydrogen (secondary N) is 1. The van der Waals surface area contributed by atoms with Crippen molar-refractivity contribution >= 4 is 39.2 Å². The molecule has 0 aliphatic carbocycles. The number of anilines is 1. The third-order valence-electron chi connectivity index (χ3n) is 5.56. The molecule has 0 unspecified atom stereocenters. The van der Waals surface area contributed by atoms with Gasteiger partial charge < -0.3 is 10.1 Å². The van der Waals surface area contributed by atoms with Crippen LogP contribution in [0.4, 0.5) is 5.69 Å². The van der Waals surface area contributed by atoms with Crippen molar-refractivity contribution in [2.45, 2.75) is 13.0 Å². The Bertz CT molecular complexity index is 1520. The van der Waals surface area contributed by atoms with Gasteiger partial charge in [0.1, 0.15) is 0 Å². The Morgan fingerprint density at radius 1 is 0.882 bits per heavy atom. The lowest BCUT2D eigenvalue weighted by molar-refractivity contribution is -0.123. The molecule has 166 valence electrons. The quantitative estimate of drug-likeness (QED) is 0.353. The number of carbonyl (C=O) groups excluding carboxylic acids is 2. The number of amides is 1. The molecule has 3 aromatic carbocycles. The number of hydrogen-bond acceptors (Lipinski definition) is 5. The molecule has 0 radical (unpaired) electrons. The highest BCUT2D eigenvalue weighted by Gasteiger charge is 2.22. The van der Waals surface area contributed by atoms with Crippen LogP contribution in [0, 0.1) is 0 Å². The molecule has 0 fully saturated rings. The highest BCUT2D eigenvalue weighted by molar-refractivity contribution is 6.06. The molecule has 0 spiro atoms. The van der Waals surface area contributed by atoms with Gasteiger partial charge in [-0.1, -0.05) is 48.5 Å². The number of ether oxygens (including phenoxy) is 1. The number of rotatable bonds is 5. The zero-order valence-electron chi connectivity index (χ0n) is 18.4. The molecule has 6 nitrogen and oxygen atoms in total. The number of benzene rings is 3. The van der Waals surface area contributed by atoms with Crippen LogP contribution in [0.3, 0.4) is 0 Å². The highest BCUT2D eigenvalue weighted by Crippen LogP contribution is 2.25. The maximum absolute atomic E-state index is 13.1. The van der Waals surface area contributed by atoms with Gasteiger partial charge in [-0.05, 0) is 54.1 Å². The van der Waals surface area contributed by atoms with Gasteiger partial charge in [0.2, 0.25) is 0 Å². The number of aromatic nitrogens is 2. The first-order chi connectivity index (χ1) is 16.6. The second-order valence-corrected chi connectivity index (χ2v) is 7.91. The van der Waals surface area contributed by atoms with E-state index in [-0.39, 0.29) is 0 Å². The van der Waals surface area contributed by atoms with Crippen molar-refractivity contribution in [3.63, 3.8) is 0 Å². The average molecular weight is 447 g/mol. The minimum atomic E-state index is -0.993. The van der Waals surface area contributed by atoms with Crippen molar-refractivity contribution < 1.29 is 14.3 Å². The molecule has 1 N–H and O–H groups in total. The van der Waals surface area contributed by atoms with E-state index in [1.807, 2.05) is 78.9 Å². The van der Waals surface area contributed by atoms with E-state index >= 15 is 0 Å². The Balaban J connectivity index is 1.38. The van der Waals surface area contributed by atoms with Gasteiger partial charge in [-0.3, -0.25) is 9.78 Å². The molecule has 1 atom stereocenters. The van der Waals surface area contributed by atoms with Crippen LogP contribution >= 0.6 is 0 Å². The van der Waals surface area contributed by atoms with Crippen LogP contribution in [0.15, 0.2) is 97.3 Å². The number of pyridine rings is 2. The number of fused-ring (bicyclic) bond motifs is 2. The van der Waals surface area contributed by atoms with Crippen LogP contribution in [-0.2, 0) is 9.53 Å². The van der Waals surface area contributed by atoms with E-state index in [0.29, 0.717) is 27.8 Å². The fourth-order valence-electron chi connectivity index (χ4n) is 3.79. The summed E-state index contributed by atoms with van der Waals surface area (Å²) in [6.07, 6.45) is 2.37. The number of carbonyl (C=O) groups is 2. The smallest absolute Gasteiger partial charge is 0.339 e. The second kappa shape index (κ2) is 9.11. The van der Waals surface area contributed by atoms with Gasteiger partial charge in [-0.15, -0.1) is 0 Å². The van der Waals surface area contributed by atoms with Crippen molar-refractivity contribution in [3.8, 4) is 11.3 Å². The molecule has 2 aromatic heterocycles. The van der Waals surface area contributed by atoms with Crippen molar-refractivity contribution in [1.82, 2.24) is 9.97 Å². The molecular weight excluding hydrogens is 426 g/mol. The van der Waals surface area contributed by atoms with Crippen molar-refractivity contribution in [3.05, 3.63) is 103 Å². The normalized spacial score (nSPS) is 11.8. The van der Waals surface area contributed by atoms with E-state index in [1.54, 1.807) is 25.4 Å². The topological polar surface area (TPSA) is 81.2 Å². The number of nitrogens with zero attached hydrogens (tertiary/aromatic N) is 2. The summed E-state index contributed by atoms with van der Waals surface area (Å²) in [7, 11) is 0. The SMILES string of the molecule is C[C@H](OC(=O)c1cc(-c2cccnc2)nc2ccccc12)C(=O)Nc1ccc2ccccc2c1. The van der Waals surface area contributed by atoms with E-state index < -0.39 is 18.0 Å². The molecule has 1 amide bonds. The fourth-order valence-corrected chi connectivity index (χ4v) is 3.79. The second-order valence-electron chi connectivity index (χ2n) is 7.91. The summed E-state index contributed by atoms with van der Waals surface area (Å²) < 4.78 is 5.56. The maximum atomic E-state index is 13.1. The van der Waals surface area contributed by atoms with Gasteiger partial charge >= 0.3 is 5.97 Å². The first-order valence-electron chi connectivity index (χ1n) is 10.9. The summed E-state index contributed by atoms with van der Waals surface area (Å²) in [4.78, 5) is 34.7. The Morgan fingerprint density at radius 2 is 1.68 bits per heavy atom. The molecule has 0 aliphatic heterocycles. The summed E-state index contributed by atoms with van der Waals surface area (Å²) in [6.45, 7) is 1.56. The number of esters is 1. The molecule has 5 aromatic rings. The van der Waals surface area contributed by atoms with Crippen LogP contribution in [0.5, 0.6) is 0 Å². The largest absolute Gasteiger partial charge is 0.449 e. The monoisotopic (exact) mass is 447 g/mol. The van der Waals surface area contributed by atoms with Crippen LogP contribution < -0.4 is 5.32 Å². The van der Waals surface area contributed by atoms with Crippen LogP contribution in [-0.4, -0.2) is 27.9 Å². The first-order valence-corrected chi connectivity index (χ1v) is 10.9. The van der Waals surface area contributed by atoms with Crippen molar-refractivity contribution in [2.75, 3.05) is 5.32 Å². The predicted molar refractivity (Wildman–Crippen MR) is 132 cm³/mol. The first kappa shape index (κ1) is 21.3.